The van der Waals surface area contributed by atoms with E-state index in [2.05, 4.69) is 4.90 Å². The van der Waals surface area contributed by atoms with E-state index in [0.717, 1.165) is 25.3 Å². The lowest BCUT2D eigenvalue weighted by Gasteiger charge is -2.26. The van der Waals surface area contributed by atoms with E-state index in [9.17, 15) is 9.59 Å². The Bertz CT molecular complexity index is 893. The number of halogens is 1. The van der Waals surface area contributed by atoms with Crippen LogP contribution in [0, 0.1) is 0 Å². The summed E-state index contributed by atoms with van der Waals surface area (Å²) in [4.78, 5) is 31.9. The summed E-state index contributed by atoms with van der Waals surface area (Å²) in [7, 11) is 1.73. The highest BCUT2D eigenvalue weighted by Gasteiger charge is 2.32. The van der Waals surface area contributed by atoms with Crippen molar-refractivity contribution in [1.82, 2.24) is 4.90 Å². The van der Waals surface area contributed by atoms with Gasteiger partial charge in [0.1, 0.15) is 0 Å². The molecule has 0 spiro atoms. The van der Waals surface area contributed by atoms with Crippen LogP contribution in [-0.2, 0) is 4.79 Å². The van der Waals surface area contributed by atoms with Crippen molar-refractivity contribution in [2.75, 3.05) is 36.5 Å². The van der Waals surface area contributed by atoms with Gasteiger partial charge < -0.3 is 9.80 Å². The molecule has 1 saturated heterocycles. The van der Waals surface area contributed by atoms with Crippen LogP contribution in [0.15, 0.2) is 42.5 Å². The third-order valence-electron chi connectivity index (χ3n) is 5.31. The molecule has 0 radical (unpaired) electrons. The molecule has 5 nitrogen and oxygen atoms in total. The van der Waals surface area contributed by atoms with Crippen LogP contribution in [0.5, 0.6) is 0 Å². The van der Waals surface area contributed by atoms with Crippen LogP contribution in [0.25, 0.3) is 0 Å². The molecule has 0 bridgehead atoms. The Morgan fingerprint density at radius 1 is 1.04 bits per heavy atom. The van der Waals surface area contributed by atoms with Crippen LogP contribution in [0.3, 0.4) is 0 Å². The van der Waals surface area contributed by atoms with Crippen LogP contribution in [0.1, 0.15) is 29.6 Å². The highest BCUT2D eigenvalue weighted by molar-refractivity contribution is 6.31. The van der Waals surface area contributed by atoms with Crippen LogP contribution < -0.4 is 9.80 Å². The van der Waals surface area contributed by atoms with Crippen molar-refractivity contribution in [3.05, 3.63) is 53.1 Å². The van der Waals surface area contributed by atoms with Crippen molar-refractivity contribution in [2.24, 2.45) is 0 Å². The van der Waals surface area contributed by atoms with Crippen molar-refractivity contribution in [2.45, 2.75) is 19.3 Å². The molecule has 0 saturated carbocycles. The Kier molecular flexibility index (Phi) is 4.89. The number of carbonyl (C=O) groups is 2. The van der Waals surface area contributed by atoms with Crippen molar-refractivity contribution in [3.8, 4) is 0 Å². The Morgan fingerprint density at radius 2 is 1.74 bits per heavy atom. The van der Waals surface area contributed by atoms with Crippen molar-refractivity contribution < 1.29 is 9.59 Å². The molecule has 0 aliphatic carbocycles. The molecule has 2 aliphatic rings. The molecule has 140 valence electrons. The fourth-order valence-corrected chi connectivity index (χ4v) is 4.04. The second-order valence-corrected chi connectivity index (χ2v) is 7.48. The number of anilines is 3. The fraction of sp³-hybridized carbons (Fsp3) is 0.333. The molecule has 27 heavy (non-hydrogen) atoms. The van der Waals surface area contributed by atoms with Gasteiger partial charge in [-0.15, -0.1) is 0 Å². The van der Waals surface area contributed by atoms with Gasteiger partial charge in [0.05, 0.1) is 22.6 Å². The third-order valence-corrected chi connectivity index (χ3v) is 5.54. The van der Waals surface area contributed by atoms with Crippen LogP contribution in [0.2, 0.25) is 5.02 Å². The number of rotatable bonds is 3. The number of hydrogen-bond acceptors (Lipinski definition) is 3. The smallest absolute Gasteiger partial charge is 0.260 e. The summed E-state index contributed by atoms with van der Waals surface area (Å²) < 4.78 is 0. The molecular weight excluding hydrogens is 362 g/mol. The van der Waals surface area contributed by atoms with Gasteiger partial charge in [0.25, 0.3) is 5.91 Å². The minimum Gasteiger partial charge on any atom is -0.309 e. The van der Waals surface area contributed by atoms with Gasteiger partial charge in [-0.05, 0) is 56.3 Å². The predicted octanol–water partition coefficient (Wildman–Crippen LogP) is 4.08. The molecule has 2 heterocycles. The van der Waals surface area contributed by atoms with Gasteiger partial charge in [-0.2, -0.15) is 0 Å². The van der Waals surface area contributed by atoms with E-state index in [1.807, 2.05) is 24.3 Å². The largest absolute Gasteiger partial charge is 0.309 e. The first kappa shape index (κ1) is 18.0. The zero-order chi connectivity index (χ0) is 19.0. The zero-order valence-electron chi connectivity index (χ0n) is 15.3. The lowest BCUT2D eigenvalue weighted by Crippen LogP contribution is -2.31. The van der Waals surface area contributed by atoms with Crippen LogP contribution in [0.4, 0.5) is 17.1 Å². The van der Waals surface area contributed by atoms with Crippen LogP contribution >= 0.6 is 11.6 Å². The number of para-hydroxylation sites is 2. The molecular formula is C21H22ClN3O2. The maximum absolute atomic E-state index is 13.3. The van der Waals surface area contributed by atoms with E-state index in [4.69, 9.17) is 11.6 Å². The van der Waals surface area contributed by atoms with E-state index < -0.39 is 0 Å². The Balaban J connectivity index is 1.76. The average Bonchev–Trinajstić information content (AvgIpc) is 3.18. The minimum atomic E-state index is -0.171. The maximum atomic E-state index is 13.3. The van der Waals surface area contributed by atoms with Crippen molar-refractivity contribution in [1.29, 1.82) is 0 Å². The summed E-state index contributed by atoms with van der Waals surface area (Å²) in [5.41, 5.74) is 2.47. The van der Waals surface area contributed by atoms with Gasteiger partial charge in [-0.1, -0.05) is 23.7 Å². The van der Waals surface area contributed by atoms with E-state index in [1.54, 1.807) is 35.0 Å². The van der Waals surface area contributed by atoms with Gasteiger partial charge in [0, 0.05) is 25.0 Å². The lowest BCUT2D eigenvalue weighted by atomic mass is 10.1. The van der Waals surface area contributed by atoms with Gasteiger partial charge in [-0.3, -0.25) is 14.5 Å². The summed E-state index contributed by atoms with van der Waals surface area (Å²) in [5.74, 6) is -0.184. The Labute approximate surface area is 164 Å². The predicted molar refractivity (Wildman–Crippen MR) is 108 cm³/mol. The number of hydrogen-bond donors (Lipinski definition) is 0. The topological polar surface area (TPSA) is 43.9 Å². The van der Waals surface area contributed by atoms with Crippen molar-refractivity contribution in [3.63, 3.8) is 0 Å². The molecule has 0 unspecified atom stereocenters. The first-order valence-corrected chi connectivity index (χ1v) is 9.66. The quantitative estimate of drug-likeness (QED) is 0.802. The molecule has 0 N–H and O–H groups in total. The molecule has 2 aliphatic heterocycles. The van der Waals surface area contributed by atoms with Crippen molar-refractivity contribution >= 4 is 40.5 Å². The maximum Gasteiger partial charge on any atom is 0.260 e. The molecule has 0 aromatic heterocycles. The summed E-state index contributed by atoms with van der Waals surface area (Å²) in [6, 6.07) is 12.6. The minimum absolute atomic E-state index is 0.0129. The highest BCUT2D eigenvalue weighted by Crippen LogP contribution is 2.41. The summed E-state index contributed by atoms with van der Waals surface area (Å²) in [5, 5.41) is 0.478. The summed E-state index contributed by atoms with van der Waals surface area (Å²) >= 11 is 6.15. The highest BCUT2D eigenvalue weighted by atomic mass is 35.5. The summed E-state index contributed by atoms with van der Waals surface area (Å²) in [6.45, 7) is 2.85. The number of nitrogens with zero attached hydrogens (tertiary/aromatic N) is 3. The van der Waals surface area contributed by atoms with Gasteiger partial charge in [0.2, 0.25) is 5.91 Å². The number of amides is 2. The molecule has 2 aromatic carbocycles. The van der Waals surface area contributed by atoms with E-state index >= 15 is 0 Å². The normalized spacial score (nSPS) is 16.9. The fourth-order valence-electron chi connectivity index (χ4n) is 3.87. The standard InChI is InChI=1S/C21H22ClN3O2/c1-23-18-6-2-3-7-19(18)25(20(26)10-13-24-11-4-5-12-24)17-9-8-15(22)14-16(17)21(23)27/h2-3,6-9,14H,4-5,10-13H2,1H3. The van der Waals surface area contributed by atoms with Gasteiger partial charge in [-0.25, -0.2) is 0 Å². The SMILES string of the molecule is CN1C(=O)c2cc(Cl)ccc2N(C(=O)CCN2CCCC2)c2ccccc21. The van der Waals surface area contributed by atoms with E-state index in [-0.39, 0.29) is 11.8 Å². The average molecular weight is 384 g/mol. The number of carbonyl (C=O) groups excluding carboxylic acids is 2. The summed E-state index contributed by atoms with van der Waals surface area (Å²) in [6.07, 6.45) is 2.80. The van der Waals surface area contributed by atoms with E-state index in [1.165, 1.54) is 12.8 Å². The van der Waals surface area contributed by atoms with Gasteiger partial charge >= 0.3 is 0 Å². The number of fused-ring (bicyclic) bond motifs is 2. The molecule has 1 fully saturated rings. The molecule has 0 atom stereocenters. The zero-order valence-corrected chi connectivity index (χ0v) is 16.1. The van der Waals surface area contributed by atoms with E-state index in [0.29, 0.717) is 28.4 Å². The molecule has 6 heteroatoms. The second kappa shape index (κ2) is 7.33. The Morgan fingerprint density at radius 3 is 2.48 bits per heavy atom. The number of likely N-dealkylation sites (tertiary alicyclic amines) is 1. The monoisotopic (exact) mass is 383 g/mol. The second-order valence-electron chi connectivity index (χ2n) is 7.04. The lowest BCUT2D eigenvalue weighted by molar-refractivity contribution is -0.118. The number of benzene rings is 2. The van der Waals surface area contributed by atoms with Gasteiger partial charge in [0.15, 0.2) is 0 Å². The first-order chi connectivity index (χ1) is 13.1. The van der Waals surface area contributed by atoms with Crippen LogP contribution in [-0.4, -0.2) is 43.4 Å². The molecule has 4 rings (SSSR count). The Hall–Kier alpha value is -2.37. The molecule has 2 aromatic rings. The molecule has 2 amide bonds. The first-order valence-electron chi connectivity index (χ1n) is 9.28. The third kappa shape index (κ3) is 3.33.